The van der Waals surface area contributed by atoms with Crippen LogP contribution in [0.4, 0.5) is 0 Å². The van der Waals surface area contributed by atoms with Gasteiger partial charge in [-0.15, -0.1) is 24.0 Å². The van der Waals surface area contributed by atoms with E-state index in [-0.39, 0.29) is 24.0 Å². The van der Waals surface area contributed by atoms with Gasteiger partial charge in [0.1, 0.15) is 5.82 Å². The third-order valence-corrected chi connectivity index (χ3v) is 5.61. The minimum atomic E-state index is 0. The zero-order valence-electron chi connectivity index (χ0n) is 15.5. The van der Waals surface area contributed by atoms with Gasteiger partial charge in [-0.25, -0.2) is 4.98 Å². The van der Waals surface area contributed by atoms with Crippen LogP contribution in [-0.2, 0) is 6.54 Å². The monoisotopic (exact) mass is 465 g/mol. The highest BCUT2D eigenvalue weighted by molar-refractivity contribution is 14.0. The Balaban J connectivity index is 0.00000196. The molecule has 2 N–H and O–H groups in total. The first-order chi connectivity index (χ1) is 12.2. The minimum Gasteiger partial charge on any atom is -0.356 e. The van der Waals surface area contributed by atoms with Gasteiger partial charge in [-0.05, 0) is 42.6 Å². The number of H-pyrrole nitrogens is 1. The van der Waals surface area contributed by atoms with Crippen LogP contribution in [0.2, 0.25) is 0 Å². The lowest BCUT2D eigenvalue weighted by Crippen LogP contribution is -2.41. The largest absolute Gasteiger partial charge is 0.356 e. The van der Waals surface area contributed by atoms with Crippen molar-refractivity contribution in [2.24, 2.45) is 16.3 Å². The maximum Gasteiger partial charge on any atom is 0.193 e. The van der Waals surface area contributed by atoms with Crippen LogP contribution >= 0.6 is 24.0 Å². The van der Waals surface area contributed by atoms with Crippen molar-refractivity contribution >= 4 is 29.9 Å². The predicted molar refractivity (Wildman–Crippen MR) is 117 cm³/mol. The molecule has 1 aromatic carbocycles. The Kier molecular flexibility index (Phi) is 5.89. The molecule has 4 rings (SSSR count). The van der Waals surface area contributed by atoms with E-state index in [0.29, 0.717) is 12.0 Å². The van der Waals surface area contributed by atoms with Gasteiger partial charge in [0.2, 0.25) is 0 Å². The number of nitrogens with one attached hydrogen (secondary N) is 2. The highest BCUT2D eigenvalue weighted by Gasteiger charge is 2.53. The Morgan fingerprint density at radius 2 is 2.04 bits per heavy atom. The average Bonchev–Trinajstić information content (AvgIpc) is 3.55. The van der Waals surface area contributed by atoms with E-state index in [9.17, 15) is 0 Å². The first-order valence-corrected chi connectivity index (χ1v) is 9.21. The van der Waals surface area contributed by atoms with Crippen molar-refractivity contribution in [1.82, 2.24) is 20.2 Å². The van der Waals surface area contributed by atoms with Gasteiger partial charge in [0.25, 0.3) is 0 Å². The molecule has 2 saturated carbocycles. The van der Waals surface area contributed by atoms with Crippen molar-refractivity contribution in [3.05, 3.63) is 42.4 Å². The number of aromatic nitrogens is 2. The van der Waals surface area contributed by atoms with Crippen LogP contribution in [-0.4, -0.2) is 41.5 Å². The molecule has 0 amide bonds. The molecule has 140 valence electrons. The summed E-state index contributed by atoms with van der Waals surface area (Å²) in [6, 6.07) is 10.3. The molecule has 2 aliphatic carbocycles. The molecule has 0 spiro atoms. The molecule has 0 unspecified atom stereocenters. The number of guanidine groups is 1. The van der Waals surface area contributed by atoms with E-state index < -0.39 is 0 Å². The topological polar surface area (TPSA) is 56.3 Å². The van der Waals surface area contributed by atoms with Crippen LogP contribution < -0.4 is 5.32 Å². The molecule has 1 heterocycles. The molecule has 1 aromatic heterocycles. The Bertz CT molecular complexity index is 747. The van der Waals surface area contributed by atoms with Crippen molar-refractivity contribution in [2.75, 3.05) is 20.6 Å². The van der Waals surface area contributed by atoms with E-state index in [1.807, 2.05) is 31.4 Å². The Morgan fingerprint density at radius 1 is 1.31 bits per heavy atom. The number of benzene rings is 1. The molecule has 2 aliphatic rings. The fourth-order valence-corrected chi connectivity index (χ4v) is 3.73. The summed E-state index contributed by atoms with van der Waals surface area (Å²) in [5, 5.41) is 3.59. The van der Waals surface area contributed by atoms with Crippen molar-refractivity contribution in [3.63, 3.8) is 0 Å². The summed E-state index contributed by atoms with van der Waals surface area (Å²) in [4.78, 5) is 14.5. The number of aromatic amines is 1. The van der Waals surface area contributed by atoms with E-state index in [1.54, 1.807) is 0 Å². The number of hydrogen-bond acceptors (Lipinski definition) is 2. The second kappa shape index (κ2) is 7.98. The third-order valence-electron chi connectivity index (χ3n) is 5.61. The number of nitrogens with zero attached hydrogens (tertiary/aromatic N) is 3. The standard InChI is InChI=1S/C20H27N5.HI/c1-21-19(23-14-20(10-11-20)16-8-9-16)25(2)13-18-22-12-17(24-18)15-6-4-3-5-7-15;/h3-7,12,16H,8-11,13-14H2,1-2H3,(H,21,23)(H,22,24);1H. The van der Waals surface area contributed by atoms with E-state index in [4.69, 9.17) is 0 Å². The molecule has 0 radical (unpaired) electrons. The highest BCUT2D eigenvalue weighted by atomic mass is 127. The Morgan fingerprint density at radius 3 is 2.65 bits per heavy atom. The van der Waals surface area contributed by atoms with Crippen LogP contribution in [0, 0.1) is 11.3 Å². The summed E-state index contributed by atoms with van der Waals surface area (Å²) in [5.74, 6) is 2.86. The second-order valence-electron chi connectivity index (χ2n) is 7.50. The molecular weight excluding hydrogens is 437 g/mol. The lowest BCUT2D eigenvalue weighted by atomic mass is 10.0. The molecule has 26 heavy (non-hydrogen) atoms. The van der Waals surface area contributed by atoms with Gasteiger partial charge in [0.15, 0.2) is 5.96 Å². The molecule has 2 fully saturated rings. The van der Waals surface area contributed by atoms with Gasteiger partial charge < -0.3 is 15.2 Å². The Hall–Kier alpha value is -1.57. The van der Waals surface area contributed by atoms with E-state index >= 15 is 0 Å². The molecule has 0 atom stereocenters. The molecule has 0 bridgehead atoms. The second-order valence-corrected chi connectivity index (χ2v) is 7.50. The molecule has 6 heteroatoms. The van der Waals surface area contributed by atoms with Gasteiger partial charge in [-0.3, -0.25) is 4.99 Å². The first kappa shape index (κ1) is 19.2. The normalized spacial score (nSPS) is 18.2. The summed E-state index contributed by atoms with van der Waals surface area (Å²) in [7, 11) is 3.92. The van der Waals surface area contributed by atoms with Crippen LogP contribution in [0.15, 0.2) is 41.5 Å². The van der Waals surface area contributed by atoms with Crippen LogP contribution in [0.3, 0.4) is 0 Å². The zero-order chi connectivity index (χ0) is 17.3. The number of hydrogen-bond donors (Lipinski definition) is 2. The molecule has 2 aromatic rings. The first-order valence-electron chi connectivity index (χ1n) is 9.21. The summed E-state index contributed by atoms with van der Waals surface area (Å²) in [5.41, 5.74) is 2.78. The molecular formula is C20H28IN5. The van der Waals surface area contributed by atoms with E-state index in [2.05, 4.69) is 44.4 Å². The predicted octanol–water partition coefficient (Wildman–Crippen LogP) is 3.89. The van der Waals surface area contributed by atoms with Crippen LogP contribution in [0.5, 0.6) is 0 Å². The summed E-state index contributed by atoms with van der Waals surface area (Å²) < 4.78 is 0. The smallest absolute Gasteiger partial charge is 0.193 e. The minimum absolute atomic E-state index is 0. The van der Waals surface area contributed by atoms with Crippen molar-refractivity contribution in [3.8, 4) is 11.3 Å². The zero-order valence-corrected chi connectivity index (χ0v) is 17.9. The molecule has 5 nitrogen and oxygen atoms in total. The number of imidazole rings is 1. The van der Waals surface area contributed by atoms with E-state index in [0.717, 1.165) is 35.5 Å². The van der Waals surface area contributed by atoms with Crippen LogP contribution in [0.1, 0.15) is 31.5 Å². The third kappa shape index (κ3) is 4.22. The fraction of sp³-hybridized carbons (Fsp3) is 0.500. The number of halogens is 1. The maximum absolute atomic E-state index is 4.53. The average molecular weight is 465 g/mol. The van der Waals surface area contributed by atoms with Gasteiger partial charge >= 0.3 is 0 Å². The fourth-order valence-electron chi connectivity index (χ4n) is 3.73. The quantitative estimate of drug-likeness (QED) is 0.387. The van der Waals surface area contributed by atoms with Crippen molar-refractivity contribution in [1.29, 1.82) is 0 Å². The lowest BCUT2D eigenvalue weighted by Gasteiger charge is -2.24. The number of rotatable bonds is 6. The Labute approximate surface area is 172 Å². The molecule has 0 saturated heterocycles. The van der Waals surface area contributed by atoms with Crippen LogP contribution in [0.25, 0.3) is 11.3 Å². The summed E-state index contributed by atoms with van der Waals surface area (Å²) >= 11 is 0. The maximum atomic E-state index is 4.53. The van der Waals surface area contributed by atoms with Gasteiger partial charge in [0.05, 0.1) is 18.4 Å². The molecule has 0 aliphatic heterocycles. The highest BCUT2D eigenvalue weighted by Crippen LogP contribution is 2.60. The van der Waals surface area contributed by atoms with E-state index in [1.165, 1.54) is 25.7 Å². The SMILES string of the molecule is CN=C(NCC1(C2CC2)CC1)N(C)Cc1ncc(-c2ccccc2)[nH]1.I. The van der Waals surface area contributed by atoms with Gasteiger partial charge in [0, 0.05) is 20.6 Å². The van der Waals surface area contributed by atoms with Crippen molar-refractivity contribution < 1.29 is 0 Å². The van der Waals surface area contributed by atoms with Gasteiger partial charge in [-0.1, -0.05) is 30.3 Å². The van der Waals surface area contributed by atoms with Gasteiger partial charge in [-0.2, -0.15) is 0 Å². The summed E-state index contributed by atoms with van der Waals surface area (Å²) in [6.45, 7) is 1.77. The van der Waals surface area contributed by atoms with Crippen molar-refractivity contribution in [2.45, 2.75) is 32.2 Å². The lowest BCUT2D eigenvalue weighted by molar-refractivity contribution is 0.407. The summed E-state index contributed by atoms with van der Waals surface area (Å²) in [6.07, 6.45) is 7.50. The number of aliphatic imine (C=N–C) groups is 1.